The van der Waals surface area contributed by atoms with Gasteiger partial charge in [-0.3, -0.25) is 0 Å². The molecule has 1 radical (unpaired) electrons. The van der Waals surface area contributed by atoms with E-state index in [4.69, 9.17) is 3.83 Å². The molecule has 4 heteroatoms. The molecule has 4 heavy (non-hydrogen) atoms. The third-order valence-electron chi connectivity index (χ3n) is 0. The molecule has 0 saturated heterocycles. The molecule has 0 N–H and O–H groups in total. The van der Waals surface area contributed by atoms with Crippen LogP contribution in [-0.4, -0.2) is 45.5 Å². The molecule has 0 aliphatic rings. The van der Waals surface area contributed by atoms with Gasteiger partial charge < -0.3 is 2.85 Å². The van der Waals surface area contributed by atoms with Crippen molar-refractivity contribution in [2.45, 2.75) is 0 Å². The second-order valence-electron chi connectivity index (χ2n) is 0. The number of hydrogen-bond donors (Lipinski definition) is 0. The third kappa shape index (κ3) is 8.89. The van der Waals surface area contributed by atoms with E-state index in [1.807, 2.05) is 0 Å². The molecular weight excluding hydrogens is 297 g/mol. The molecule has 0 heterocycles. The average molecular weight is 299 g/mol. The average Bonchev–Trinajstić information content (AvgIpc) is 1.00. The number of rotatable bonds is 0. The first-order valence-corrected chi connectivity index (χ1v) is 0.636. The Labute approximate surface area is 101 Å². The van der Waals surface area contributed by atoms with Crippen LogP contribution in [0.2, 0.25) is 0 Å². The Balaban J connectivity index is -0.000000000833. The Morgan fingerprint density at radius 2 is 1.50 bits per heavy atom. The predicted molar refractivity (Wildman–Crippen MR) is 8.66 cm³/mol. The quantitative estimate of drug-likeness (QED) is 0.563. The Morgan fingerprint density at radius 3 is 1.50 bits per heavy atom. The summed E-state index contributed by atoms with van der Waals surface area (Å²) in [7, 11) is 0. The molecule has 1 nitrogen and oxygen atoms in total. The standard InChI is InChI=1S/La.Mn.O.Sr.2H/q;;;+2;2*-1. The largest absolute Gasteiger partial charge is 2.00 e. The maximum atomic E-state index is 8.06. The van der Waals surface area contributed by atoms with E-state index in [1.165, 1.54) is 0 Å². The Morgan fingerprint density at radius 1 is 1.50 bits per heavy atom. The Kier molecular flexibility index (Phi) is 65.7. The van der Waals surface area contributed by atoms with Crippen LogP contribution in [-0.2, 0) is 19.8 Å². The van der Waals surface area contributed by atoms with Crippen molar-refractivity contribution in [3.05, 3.63) is 0 Å². The maximum Gasteiger partial charge on any atom is 2.00 e. The van der Waals surface area contributed by atoms with Crippen LogP contribution >= 0.6 is 0 Å². The Bertz CT molecular complexity index is 13.5. The zero-order valence-corrected chi connectivity index (χ0v) is 10.4. The molecule has 0 atom stereocenters. The molecule has 0 aliphatic carbocycles. The second-order valence-corrected chi connectivity index (χ2v) is 0. The van der Waals surface area contributed by atoms with Gasteiger partial charge in [0.2, 0.25) is 0 Å². The second kappa shape index (κ2) is 16.7. The molecule has 0 aromatic rings. The first kappa shape index (κ1) is 15.8. The van der Waals surface area contributed by atoms with Gasteiger partial charge in [0.05, 0.1) is 0 Å². The van der Waals surface area contributed by atoms with Crippen LogP contribution in [0, 0.1) is 35.6 Å². The monoisotopic (exact) mass is 300 g/mol. The van der Waals surface area contributed by atoms with Crippen molar-refractivity contribution in [3.8, 4) is 0 Å². The fraction of sp³-hybridized carbons (Fsp3) is 0. The SMILES string of the molecule is [H-].[H-].[La].[O]=[Mn].[Sr+2]. The summed E-state index contributed by atoms with van der Waals surface area (Å²) in [5.41, 5.74) is 0. The predicted octanol–water partition coefficient (Wildman–Crippen LogP) is -0.277. The molecule has 0 unspecified atom stereocenters. The zero-order chi connectivity index (χ0) is 2.00. The van der Waals surface area contributed by atoms with Gasteiger partial charge in [0, 0.05) is 35.6 Å². The van der Waals surface area contributed by atoms with E-state index < -0.39 is 0 Å². The molecule has 0 fully saturated rings. The molecule has 0 bridgehead atoms. The van der Waals surface area contributed by atoms with Crippen LogP contribution in [0.5, 0.6) is 0 Å². The van der Waals surface area contributed by atoms with Crippen LogP contribution in [0.1, 0.15) is 2.85 Å². The van der Waals surface area contributed by atoms with Crippen LogP contribution in [0.25, 0.3) is 0 Å². The van der Waals surface area contributed by atoms with E-state index in [0.717, 1.165) is 0 Å². The van der Waals surface area contributed by atoms with Gasteiger partial charge in [-0.2, -0.15) is 0 Å². The van der Waals surface area contributed by atoms with E-state index in [0.29, 0.717) is 0 Å². The van der Waals surface area contributed by atoms with E-state index in [9.17, 15) is 0 Å². The summed E-state index contributed by atoms with van der Waals surface area (Å²) >= 11 is 1.69. The summed E-state index contributed by atoms with van der Waals surface area (Å²) in [5.74, 6) is 0. The van der Waals surface area contributed by atoms with E-state index in [2.05, 4.69) is 0 Å². The summed E-state index contributed by atoms with van der Waals surface area (Å²) in [6.45, 7) is 0. The van der Waals surface area contributed by atoms with Crippen LogP contribution in [0.15, 0.2) is 0 Å². The summed E-state index contributed by atoms with van der Waals surface area (Å²) < 4.78 is 8.06. The van der Waals surface area contributed by atoms with Gasteiger partial charge in [-0.25, -0.2) is 0 Å². The van der Waals surface area contributed by atoms with Crippen molar-refractivity contribution in [2.75, 3.05) is 0 Å². The van der Waals surface area contributed by atoms with E-state index in [1.54, 1.807) is 15.9 Å². The fourth-order valence-electron chi connectivity index (χ4n) is 0. The number of hydrogen-bond acceptors (Lipinski definition) is 1. The minimum atomic E-state index is 0. The molecular formula is H2LaMnOSr. The van der Waals surface area contributed by atoms with Gasteiger partial charge in [0.25, 0.3) is 0 Å². The summed E-state index contributed by atoms with van der Waals surface area (Å²) in [5, 5.41) is 0. The van der Waals surface area contributed by atoms with Gasteiger partial charge in [0.15, 0.2) is 0 Å². The molecule has 0 saturated carbocycles. The smallest absolute Gasteiger partial charge is 2.00 e. The van der Waals surface area contributed by atoms with Crippen LogP contribution in [0.3, 0.4) is 0 Å². The molecule has 0 amide bonds. The summed E-state index contributed by atoms with van der Waals surface area (Å²) in [6.07, 6.45) is 0. The molecule has 0 aromatic heterocycles. The topological polar surface area (TPSA) is 17.1 Å². The molecule has 0 aromatic carbocycles. The minimum absolute atomic E-state index is 0. The van der Waals surface area contributed by atoms with Gasteiger partial charge in [-0.1, -0.05) is 0 Å². The Hall–Kier alpha value is 2.99. The van der Waals surface area contributed by atoms with Gasteiger partial charge in [-0.15, -0.1) is 0 Å². The molecule has 20 valence electrons. The molecule has 0 rings (SSSR count). The first-order chi connectivity index (χ1) is 1.00. The fourth-order valence-corrected chi connectivity index (χ4v) is 0. The van der Waals surface area contributed by atoms with Crippen molar-refractivity contribution < 1.29 is 58.2 Å². The van der Waals surface area contributed by atoms with Gasteiger partial charge in [-0.05, 0) is 0 Å². The zero-order valence-electron chi connectivity index (χ0n) is 4.07. The maximum absolute atomic E-state index is 8.06. The van der Waals surface area contributed by atoms with Crippen molar-refractivity contribution in [3.63, 3.8) is 0 Å². The third-order valence-corrected chi connectivity index (χ3v) is 0. The van der Waals surface area contributed by atoms with Crippen molar-refractivity contribution in [1.82, 2.24) is 0 Å². The minimum Gasteiger partial charge on any atom is 2.00 e. The summed E-state index contributed by atoms with van der Waals surface area (Å²) in [4.78, 5) is 0. The van der Waals surface area contributed by atoms with Crippen molar-refractivity contribution in [2.24, 2.45) is 0 Å². The first-order valence-electron chi connectivity index (χ1n) is 0.154. The van der Waals surface area contributed by atoms with Crippen molar-refractivity contribution >= 4 is 45.5 Å². The van der Waals surface area contributed by atoms with E-state index in [-0.39, 0.29) is 83.9 Å². The molecule has 0 spiro atoms. The van der Waals surface area contributed by atoms with Crippen LogP contribution < -0.4 is 0 Å². The van der Waals surface area contributed by atoms with Crippen LogP contribution in [0.4, 0.5) is 0 Å². The van der Waals surface area contributed by atoms with Gasteiger partial charge in [0.1, 0.15) is 0 Å². The normalized spacial score (nSPS) is 1.00. The summed E-state index contributed by atoms with van der Waals surface area (Å²) in [6, 6.07) is 0. The van der Waals surface area contributed by atoms with Gasteiger partial charge >= 0.3 is 65.3 Å². The molecule has 0 aliphatic heterocycles. The van der Waals surface area contributed by atoms with Crippen molar-refractivity contribution in [1.29, 1.82) is 0 Å². The van der Waals surface area contributed by atoms with E-state index >= 15 is 0 Å².